The van der Waals surface area contributed by atoms with E-state index in [-0.39, 0.29) is 12.3 Å². The number of hydrogen-bond acceptors (Lipinski definition) is 3. The number of nitrogens with one attached hydrogen (secondary N) is 1. The second-order valence-electron chi connectivity index (χ2n) is 5.88. The average molecular weight is 361 g/mol. The minimum atomic E-state index is -1.34. The summed E-state index contributed by atoms with van der Waals surface area (Å²) in [5.41, 5.74) is -0.556. The molecule has 1 saturated heterocycles. The van der Waals surface area contributed by atoms with Crippen molar-refractivity contribution in [3.63, 3.8) is 0 Å². The Morgan fingerprint density at radius 3 is 2.32 bits per heavy atom. The number of hydrogen-bond donors (Lipinski definition) is 1. The second kappa shape index (κ2) is 6.29. The molecule has 0 aliphatic carbocycles. The Labute approximate surface area is 148 Å². The van der Waals surface area contributed by atoms with Crippen LogP contribution in [0.2, 0.25) is 5.02 Å². The minimum Gasteiger partial charge on any atom is -0.319 e. The molecule has 1 atom stereocenters. The van der Waals surface area contributed by atoms with Gasteiger partial charge >= 0.3 is 6.03 Å². The Morgan fingerprint density at radius 2 is 1.72 bits per heavy atom. The third kappa shape index (κ3) is 3.13. The van der Waals surface area contributed by atoms with Crippen LogP contribution in [0.3, 0.4) is 0 Å². The first kappa shape index (κ1) is 17.1. The molecule has 2 aromatic rings. The topological polar surface area (TPSA) is 66.5 Å². The lowest BCUT2D eigenvalue weighted by Crippen LogP contribution is -2.41. The molecule has 25 heavy (non-hydrogen) atoms. The number of urea groups is 1. The highest BCUT2D eigenvalue weighted by Crippen LogP contribution is 2.29. The van der Waals surface area contributed by atoms with Crippen molar-refractivity contribution >= 4 is 29.3 Å². The Hall–Kier alpha value is -2.73. The molecule has 2 aromatic carbocycles. The molecule has 5 nitrogen and oxygen atoms in total. The van der Waals surface area contributed by atoms with Crippen molar-refractivity contribution < 1.29 is 18.8 Å². The number of Topliss-reactive ketones (excluding diaryl/α,β-unsaturated/α-hetero) is 1. The fourth-order valence-corrected chi connectivity index (χ4v) is 2.82. The molecule has 1 aliphatic rings. The summed E-state index contributed by atoms with van der Waals surface area (Å²) >= 11 is 5.78. The summed E-state index contributed by atoms with van der Waals surface area (Å²) in [6.07, 6.45) is 0. The third-order valence-corrected chi connectivity index (χ3v) is 4.42. The van der Waals surface area contributed by atoms with E-state index in [9.17, 15) is 18.8 Å². The number of imide groups is 1. The predicted octanol–water partition coefficient (Wildman–Crippen LogP) is 3.13. The van der Waals surface area contributed by atoms with Gasteiger partial charge in [0.25, 0.3) is 5.91 Å². The number of carbonyl (C=O) groups excluding carboxylic acids is 3. The molecule has 128 valence electrons. The van der Waals surface area contributed by atoms with E-state index in [0.717, 1.165) is 4.90 Å². The van der Waals surface area contributed by atoms with Crippen LogP contribution in [0, 0.1) is 5.82 Å². The van der Waals surface area contributed by atoms with Gasteiger partial charge in [-0.3, -0.25) is 14.5 Å². The maximum Gasteiger partial charge on any atom is 0.325 e. The monoisotopic (exact) mass is 360 g/mol. The standard InChI is InChI=1S/C18H14ClFN2O3/c1-18(12-4-8-14(20)9-5-12)16(24)22(17(25)21-18)10-15(23)11-2-6-13(19)7-3-11/h2-9H,10H2,1H3,(H,21,25). The van der Waals surface area contributed by atoms with Crippen molar-refractivity contribution in [1.29, 1.82) is 0 Å². The SMILES string of the molecule is CC1(c2ccc(F)cc2)NC(=O)N(CC(=O)c2ccc(Cl)cc2)C1=O. The first-order chi connectivity index (χ1) is 11.8. The molecular weight excluding hydrogens is 347 g/mol. The summed E-state index contributed by atoms with van der Waals surface area (Å²) < 4.78 is 13.1. The van der Waals surface area contributed by atoms with E-state index in [1.807, 2.05) is 0 Å². The average Bonchev–Trinajstić information content (AvgIpc) is 2.80. The Balaban J connectivity index is 1.82. The zero-order valence-corrected chi connectivity index (χ0v) is 14.0. The van der Waals surface area contributed by atoms with Gasteiger partial charge in [0.1, 0.15) is 11.4 Å². The molecular formula is C18H14ClFN2O3. The zero-order chi connectivity index (χ0) is 18.2. The van der Waals surface area contributed by atoms with Crippen LogP contribution in [0.4, 0.5) is 9.18 Å². The largest absolute Gasteiger partial charge is 0.325 e. The van der Waals surface area contributed by atoms with Crippen LogP contribution < -0.4 is 5.32 Å². The van der Waals surface area contributed by atoms with Gasteiger partial charge < -0.3 is 5.32 Å². The van der Waals surface area contributed by atoms with E-state index < -0.39 is 23.3 Å². The lowest BCUT2D eigenvalue weighted by Gasteiger charge is -2.22. The molecule has 0 aromatic heterocycles. The molecule has 1 fully saturated rings. The van der Waals surface area contributed by atoms with Gasteiger partial charge in [0.05, 0.1) is 6.54 Å². The molecule has 1 heterocycles. The van der Waals surface area contributed by atoms with Gasteiger partial charge in [-0.2, -0.15) is 0 Å². The van der Waals surface area contributed by atoms with Crippen LogP contribution in [0.1, 0.15) is 22.8 Å². The van der Waals surface area contributed by atoms with Gasteiger partial charge in [-0.15, -0.1) is 0 Å². The van der Waals surface area contributed by atoms with Crippen molar-refractivity contribution in [2.45, 2.75) is 12.5 Å². The highest BCUT2D eigenvalue weighted by atomic mass is 35.5. The van der Waals surface area contributed by atoms with Crippen LogP contribution in [0.15, 0.2) is 48.5 Å². The smallest absolute Gasteiger partial charge is 0.319 e. The van der Waals surface area contributed by atoms with Crippen molar-refractivity contribution in [2.24, 2.45) is 0 Å². The summed E-state index contributed by atoms with van der Waals surface area (Å²) in [4.78, 5) is 38.1. The number of carbonyl (C=O) groups is 3. The van der Waals surface area contributed by atoms with E-state index in [1.54, 1.807) is 12.1 Å². The van der Waals surface area contributed by atoms with Crippen molar-refractivity contribution in [1.82, 2.24) is 10.2 Å². The molecule has 0 spiro atoms. The van der Waals surface area contributed by atoms with E-state index >= 15 is 0 Å². The summed E-state index contributed by atoms with van der Waals surface area (Å²) in [6, 6.07) is 10.8. The molecule has 1 unspecified atom stereocenters. The van der Waals surface area contributed by atoms with Crippen LogP contribution in [0.25, 0.3) is 0 Å². The third-order valence-electron chi connectivity index (χ3n) is 4.16. The minimum absolute atomic E-state index is 0.348. The van der Waals surface area contributed by atoms with Crippen LogP contribution in [-0.4, -0.2) is 29.2 Å². The van der Waals surface area contributed by atoms with E-state index in [2.05, 4.69) is 5.32 Å². The summed E-state index contributed by atoms with van der Waals surface area (Å²) in [5.74, 6) is -1.39. The van der Waals surface area contributed by atoms with Gasteiger partial charge in [0.2, 0.25) is 0 Å². The Bertz CT molecular complexity index is 852. The van der Waals surface area contributed by atoms with E-state index in [1.165, 1.54) is 43.3 Å². The van der Waals surface area contributed by atoms with Crippen molar-refractivity contribution in [3.05, 3.63) is 70.5 Å². The number of benzene rings is 2. The molecule has 0 radical (unpaired) electrons. The van der Waals surface area contributed by atoms with Gasteiger partial charge in [-0.25, -0.2) is 9.18 Å². The maximum atomic E-state index is 13.1. The zero-order valence-electron chi connectivity index (χ0n) is 13.3. The van der Waals surface area contributed by atoms with E-state index in [4.69, 9.17) is 11.6 Å². The molecule has 1 aliphatic heterocycles. The first-order valence-electron chi connectivity index (χ1n) is 7.50. The Kier molecular flexibility index (Phi) is 4.30. The maximum absolute atomic E-state index is 13.1. The number of halogens is 2. The van der Waals surface area contributed by atoms with Crippen LogP contribution in [0.5, 0.6) is 0 Å². The van der Waals surface area contributed by atoms with Crippen molar-refractivity contribution in [3.8, 4) is 0 Å². The lowest BCUT2D eigenvalue weighted by molar-refractivity contribution is -0.130. The summed E-state index contributed by atoms with van der Waals surface area (Å²) in [7, 11) is 0. The highest BCUT2D eigenvalue weighted by Gasteiger charge is 2.49. The van der Waals surface area contributed by atoms with Gasteiger partial charge in [-0.05, 0) is 48.9 Å². The lowest BCUT2D eigenvalue weighted by atomic mass is 9.92. The fourth-order valence-electron chi connectivity index (χ4n) is 2.69. The first-order valence-corrected chi connectivity index (χ1v) is 7.88. The number of nitrogens with zero attached hydrogens (tertiary/aromatic N) is 1. The van der Waals surface area contributed by atoms with Crippen LogP contribution in [-0.2, 0) is 10.3 Å². The summed E-state index contributed by atoms with van der Waals surface area (Å²) in [5, 5.41) is 3.06. The van der Waals surface area contributed by atoms with E-state index in [0.29, 0.717) is 16.1 Å². The van der Waals surface area contributed by atoms with Gasteiger partial charge in [-0.1, -0.05) is 23.7 Å². The molecule has 7 heteroatoms. The normalized spacial score (nSPS) is 19.9. The van der Waals surface area contributed by atoms with Gasteiger partial charge in [0.15, 0.2) is 5.78 Å². The molecule has 0 bridgehead atoms. The molecule has 3 amide bonds. The van der Waals surface area contributed by atoms with Crippen molar-refractivity contribution in [2.75, 3.05) is 6.54 Å². The fraction of sp³-hybridized carbons (Fsp3) is 0.167. The number of amides is 3. The quantitative estimate of drug-likeness (QED) is 0.673. The van der Waals surface area contributed by atoms with Gasteiger partial charge in [0, 0.05) is 10.6 Å². The Morgan fingerprint density at radius 1 is 1.12 bits per heavy atom. The highest BCUT2D eigenvalue weighted by molar-refractivity contribution is 6.30. The summed E-state index contributed by atoms with van der Waals surface area (Å²) in [6.45, 7) is 1.14. The molecule has 1 N–H and O–H groups in total. The molecule has 3 rings (SSSR count). The van der Waals surface area contributed by atoms with Crippen LogP contribution >= 0.6 is 11.6 Å². The number of ketones is 1. The number of rotatable bonds is 4. The predicted molar refractivity (Wildman–Crippen MR) is 89.8 cm³/mol. The molecule has 0 saturated carbocycles. The second-order valence-corrected chi connectivity index (χ2v) is 6.32.